The minimum atomic E-state index is -0.183. The van der Waals surface area contributed by atoms with Gasteiger partial charge in [-0.3, -0.25) is 0 Å². The van der Waals surface area contributed by atoms with Gasteiger partial charge in [0.1, 0.15) is 0 Å². The van der Waals surface area contributed by atoms with E-state index in [0.717, 1.165) is 23.2 Å². The lowest BCUT2D eigenvalue weighted by Gasteiger charge is -2.19. The molecule has 0 radical (unpaired) electrons. The number of hydrogen-bond donors (Lipinski definition) is 1. The van der Waals surface area contributed by atoms with Gasteiger partial charge in [0, 0.05) is 19.3 Å². The number of amides is 2. The van der Waals surface area contributed by atoms with Gasteiger partial charge >= 0.3 is 6.03 Å². The minimum Gasteiger partial charge on any atom is -0.323 e. The van der Waals surface area contributed by atoms with Crippen molar-refractivity contribution in [2.75, 3.05) is 12.4 Å². The molecule has 0 aliphatic heterocycles. The first kappa shape index (κ1) is 18.2. The number of benzene rings is 3. The van der Waals surface area contributed by atoms with Crippen molar-refractivity contribution >= 4 is 11.7 Å². The highest BCUT2D eigenvalue weighted by Gasteiger charge is 2.12. The fourth-order valence-electron chi connectivity index (χ4n) is 2.91. The Kier molecular flexibility index (Phi) is 5.86. The van der Waals surface area contributed by atoms with Crippen molar-refractivity contribution < 1.29 is 4.79 Å². The molecule has 0 aromatic heterocycles. The Hall–Kier alpha value is -3.58. The van der Waals surface area contributed by atoms with Gasteiger partial charge in [0.05, 0.1) is 11.6 Å². The van der Waals surface area contributed by atoms with Crippen molar-refractivity contribution in [3.05, 3.63) is 101 Å². The van der Waals surface area contributed by atoms with Crippen LogP contribution < -0.4 is 5.32 Å². The van der Waals surface area contributed by atoms with E-state index in [1.165, 1.54) is 5.56 Å². The molecule has 0 aliphatic carbocycles. The molecule has 4 heteroatoms. The number of nitriles is 1. The smallest absolute Gasteiger partial charge is 0.321 e. The number of urea groups is 1. The Morgan fingerprint density at radius 1 is 0.963 bits per heavy atom. The summed E-state index contributed by atoms with van der Waals surface area (Å²) in [5.74, 6) is 0. The molecule has 3 aromatic carbocycles. The number of para-hydroxylation sites is 1. The standard InChI is InChI=1S/C23H21N3O/c1-26(17-20-11-7-10-19(14-20)16-24)23(27)25-22-13-6-5-12-21(22)15-18-8-3-2-4-9-18/h2-14H,15,17H2,1H3,(H,25,27). The Bertz CT molecular complexity index is 961. The quantitative estimate of drug-likeness (QED) is 0.714. The normalized spacial score (nSPS) is 10.1. The molecule has 0 atom stereocenters. The number of nitrogens with one attached hydrogen (secondary N) is 1. The van der Waals surface area contributed by atoms with Gasteiger partial charge in [-0.2, -0.15) is 5.26 Å². The van der Waals surface area contributed by atoms with Crippen LogP contribution in [-0.2, 0) is 13.0 Å². The number of carbonyl (C=O) groups is 1. The molecule has 4 nitrogen and oxygen atoms in total. The molecular formula is C23H21N3O. The Labute approximate surface area is 159 Å². The topological polar surface area (TPSA) is 56.1 Å². The number of anilines is 1. The molecule has 0 spiro atoms. The van der Waals surface area contributed by atoms with Gasteiger partial charge in [-0.05, 0) is 41.3 Å². The molecule has 134 valence electrons. The summed E-state index contributed by atoms with van der Waals surface area (Å²) < 4.78 is 0. The van der Waals surface area contributed by atoms with Gasteiger partial charge in [0.2, 0.25) is 0 Å². The van der Waals surface area contributed by atoms with Crippen LogP contribution in [0.1, 0.15) is 22.3 Å². The Balaban J connectivity index is 1.69. The fraction of sp³-hybridized carbons (Fsp3) is 0.130. The maximum Gasteiger partial charge on any atom is 0.321 e. The van der Waals surface area contributed by atoms with E-state index in [2.05, 4.69) is 23.5 Å². The van der Waals surface area contributed by atoms with Crippen molar-refractivity contribution in [2.24, 2.45) is 0 Å². The first-order valence-electron chi connectivity index (χ1n) is 8.78. The SMILES string of the molecule is CN(Cc1cccc(C#N)c1)C(=O)Nc1ccccc1Cc1ccccc1. The lowest BCUT2D eigenvalue weighted by Crippen LogP contribution is -2.31. The van der Waals surface area contributed by atoms with Crippen LogP contribution in [-0.4, -0.2) is 18.0 Å². The number of hydrogen-bond acceptors (Lipinski definition) is 2. The van der Waals surface area contributed by atoms with Crippen LogP contribution in [0.3, 0.4) is 0 Å². The minimum absolute atomic E-state index is 0.183. The van der Waals surface area contributed by atoms with Crippen LogP contribution in [0.2, 0.25) is 0 Å². The van der Waals surface area contributed by atoms with Crippen LogP contribution in [0.5, 0.6) is 0 Å². The highest BCUT2D eigenvalue weighted by molar-refractivity contribution is 5.90. The first-order valence-corrected chi connectivity index (χ1v) is 8.78. The molecule has 3 rings (SSSR count). The lowest BCUT2D eigenvalue weighted by atomic mass is 10.0. The second kappa shape index (κ2) is 8.68. The van der Waals surface area contributed by atoms with Crippen LogP contribution in [0.25, 0.3) is 0 Å². The van der Waals surface area contributed by atoms with E-state index in [0.29, 0.717) is 12.1 Å². The molecule has 27 heavy (non-hydrogen) atoms. The maximum atomic E-state index is 12.6. The summed E-state index contributed by atoms with van der Waals surface area (Å²) in [4.78, 5) is 14.2. The predicted molar refractivity (Wildman–Crippen MR) is 107 cm³/mol. The Morgan fingerprint density at radius 2 is 1.67 bits per heavy atom. The summed E-state index contributed by atoms with van der Waals surface area (Å²) >= 11 is 0. The highest BCUT2D eigenvalue weighted by Crippen LogP contribution is 2.20. The van der Waals surface area contributed by atoms with E-state index in [4.69, 9.17) is 5.26 Å². The maximum absolute atomic E-state index is 12.6. The van der Waals surface area contributed by atoms with Crippen LogP contribution in [0, 0.1) is 11.3 Å². The second-order valence-electron chi connectivity index (χ2n) is 6.42. The number of carbonyl (C=O) groups excluding carboxylic acids is 1. The summed E-state index contributed by atoms with van der Waals surface area (Å²) in [6.45, 7) is 0.433. The average molecular weight is 355 g/mol. The number of rotatable bonds is 5. The van der Waals surface area contributed by atoms with Crippen molar-refractivity contribution in [1.29, 1.82) is 5.26 Å². The number of nitrogens with zero attached hydrogens (tertiary/aromatic N) is 2. The zero-order chi connectivity index (χ0) is 19.1. The summed E-state index contributed by atoms with van der Waals surface area (Å²) in [5.41, 5.74) is 4.58. The van der Waals surface area contributed by atoms with E-state index in [9.17, 15) is 4.79 Å². The van der Waals surface area contributed by atoms with Crippen molar-refractivity contribution in [2.45, 2.75) is 13.0 Å². The molecule has 0 fully saturated rings. The largest absolute Gasteiger partial charge is 0.323 e. The van der Waals surface area contributed by atoms with Gasteiger partial charge in [0.15, 0.2) is 0 Å². The highest BCUT2D eigenvalue weighted by atomic mass is 16.2. The second-order valence-corrected chi connectivity index (χ2v) is 6.42. The van der Waals surface area contributed by atoms with Crippen LogP contribution in [0.15, 0.2) is 78.9 Å². The summed E-state index contributed by atoms with van der Waals surface area (Å²) in [7, 11) is 1.74. The monoisotopic (exact) mass is 355 g/mol. The summed E-state index contributed by atoms with van der Waals surface area (Å²) in [5, 5.41) is 12.0. The third-order valence-corrected chi connectivity index (χ3v) is 4.32. The van der Waals surface area contributed by atoms with E-state index in [1.54, 1.807) is 24.1 Å². The average Bonchev–Trinajstić information content (AvgIpc) is 2.70. The lowest BCUT2D eigenvalue weighted by molar-refractivity contribution is 0.220. The first-order chi connectivity index (χ1) is 13.2. The van der Waals surface area contributed by atoms with Crippen molar-refractivity contribution in [3.8, 4) is 6.07 Å². The molecule has 0 saturated carbocycles. The Morgan fingerprint density at radius 3 is 2.44 bits per heavy atom. The van der Waals surface area contributed by atoms with Gasteiger partial charge < -0.3 is 10.2 Å². The summed E-state index contributed by atoms with van der Waals surface area (Å²) in [6, 6.07) is 27.2. The summed E-state index contributed by atoms with van der Waals surface area (Å²) in [6.07, 6.45) is 0.755. The van der Waals surface area contributed by atoms with E-state index < -0.39 is 0 Å². The van der Waals surface area contributed by atoms with E-state index in [1.807, 2.05) is 54.6 Å². The third-order valence-electron chi connectivity index (χ3n) is 4.32. The van der Waals surface area contributed by atoms with Gasteiger partial charge in [-0.25, -0.2) is 4.79 Å². The molecule has 0 heterocycles. The van der Waals surface area contributed by atoms with Crippen molar-refractivity contribution in [1.82, 2.24) is 4.90 Å². The molecule has 0 unspecified atom stereocenters. The molecule has 2 amide bonds. The molecule has 0 bridgehead atoms. The predicted octanol–water partition coefficient (Wildman–Crippen LogP) is 4.81. The van der Waals surface area contributed by atoms with E-state index >= 15 is 0 Å². The van der Waals surface area contributed by atoms with Gasteiger partial charge in [-0.1, -0.05) is 60.7 Å². The van der Waals surface area contributed by atoms with Crippen LogP contribution in [0.4, 0.5) is 10.5 Å². The van der Waals surface area contributed by atoms with E-state index in [-0.39, 0.29) is 6.03 Å². The molecule has 0 aliphatic rings. The molecule has 0 saturated heterocycles. The van der Waals surface area contributed by atoms with Crippen LogP contribution >= 0.6 is 0 Å². The zero-order valence-corrected chi connectivity index (χ0v) is 15.2. The zero-order valence-electron chi connectivity index (χ0n) is 15.2. The van der Waals surface area contributed by atoms with Gasteiger partial charge in [0.25, 0.3) is 0 Å². The third kappa shape index (κ3) is 4.96. The molecule has 1 N–H and O–H groups in total. The fourth-order valence-corrected chi connectivity index (χ4v) is 2.91. The molecular weight excluding hydrogens is 334 g/mol. The van der Waals surface area contributed by atoms with Gasteiger partial charge in [-0.15, -0.1) is 0 Å². The van der Waals surface area contributed by atoms with Crippen molar-refractivity contribution in [3.63, 3.8) is 0 Å². The molecule has 3 aromatic rings.